The zero-order valence-corrected chi connectivity index (χ0v) is 17.6. The number of benzene rings is 3. The van der Waals surface area contributed by atoms with E-state index >= 15 is 0 Å². The Hall–Kier alpha value is -3.70. The topological polar surface area (TPSA) is 49.8 Å². The van der Waals surface area contributed by atoms with Gasteiger partial charge in [-0.05, 0) is 76.6 Å². The first-order chi connectivity index (χ1) is 15.7. The van der Waals surface area contributed by atoms with E-state index in [0.29, 0.717) is 13.1 Å². The summed E-state index contributed by atoms with van der Waals surface area (Å²) in [6, 6.07) is 22.8. The molecule has 0 saturated heterocycles. The van der Waals surface area contributed by atoms with Crippen LogP contribution in [0, 0.1) is 5.82 Å². The molecule has 0 radical (unpaired) electrons. The second-order valence-electron chi connectivity index (χ2n) is 8.02. The predicted molar refractivity (Wildman–Crippen MR) is 128 cm³/mol. The molecule has 0 unspecified atom stereocenters. The van der Waals surface area contributed by atoms with E-state index in [1.54, 1.807) is 16.7 Å². The zero-order valence-electron chi connectivity index (χ0n) is 17.6. The van der Waals surface area contributed by atoms with Crippen molar-refractivity contribution in [3.05, 3.63) is 107 Å². The molecule has 2 N–H and O–H groups in total. The maximum Gasteiger partial charge on any atom is 0.259 e. The number of aromatic amines is 1. The first-order valence-corrected chi connectivity index (χ1v) is 10.8. The Kier molecular flexibility index (Phi) is 5.57. The van der Waals surface area contributed by atoms with Crippen LogP contribution in [-0.2, 0) is 13.1 Å². The second-order valence-corrected chi connectivity index (χ2v) is 8.02. The monoisotopic (exact) mass is 425 g/mol. The number of hydrogen-bond acceptors (Lipinski definition) is 2. The van der Waals surface area contributed by atoms with E-state index in [4.69, 9.17) is 0 Å². The third-order valence-electron chi connectivity index (χ3n) is 5.87. The lowest BCUT2D eigenvalue weighted by atomic mass is 10.00. The minimum absolute atomic E-state index is 0.0373. The van der Waals surface area contributed by atoms with Crippen LogP contribution in [0.4, 0.5) is 4.39 Å². The van der Waals surface area contributed by atoms with Crippen molar-refractivity contribution in [3.8, 4) is 11.3 Å². The molecule has 0 spiro atoms. The number of nitrogens with zero attached hydrogens (tertiary/aromatic N) is 1. The molecule has 5 rings (SSSR count). The summed E-state index contributed by atoms with van der Waals surface area (Å²) >= 11 is 0. The van der Waals surface area contributed by atoms with Crippen molar-refractivity contribution in [1.29, 1.82) is 0 Å². The molecule has 5 heteroatoms. The highest BCUT2D eigenvalue weighted by molar-refractivity contribution is 6.08. The average molecular weight is 426 g/mol. The van der Waals surface area contributed by atoms with Gasteiger partial charge in [-0.15, -0.1) is 0 Å². The maximum atomic E-state index is 13.4. The summed E-state index contributed by atoms with van der Waals surface area (Å²) < 4.78 is 14.8. The van der Waals surface area contributed by atoms with Crippen molar-refractivity contribution >= 4 is 21.5 Å². The lowest BCUT2D eigenvalue weighted by Gasteiger charge is -2.11. The Morgan fingerprint density at radius 3 is 2.56 bits per heavy atom. The van der Waals surface area contributed by atoms with Gasteiger partial charge in [0.15, 0.2) is 0 Å². The van der Waals surface area contributed by atoms with Crippen LogP contribution in [0.2, 0.25) is 0 Å². The highest BCUT2D eigenvalue weighted by Crippen LogP contribution is 2.27. The van der Waals surface area contributed by atoms with Gasteiger partial charge in [0, 0.05) is 31.2 Å². The van der Waals surface area contributed by atoms with Crippen LogP contribution in [0.25, 0.3) is 32.8 Å². The fourth-order valence-corrected chi connectivity index (χ4v) is 4.16. The van der Waals surface area contributed by atoms with Crippen molar-refractivity contribution in [1.82, 2.24) is 14.9 Å². The van der Waals surface area contributed by atoms with Gasteiger partial charge in [-0.25, -0.2) is 4.39 Å². The minimum Gasteiger partial charge on any atom is -0.361 e. The highest BCUT2D eigenvalue weighted by Gasteiger charge is 2.09. The maximum absolute atomic E-state index is 13.4. The molecule has 5 aromatic rings. The number of pyridine rings is 1. The number of aryl methyl sites for hydroxylation is 1. The lowest BCUT2D eigenvalue weighted by Crippen LogP contribution is -2.23. The third kappa shape index (κ3) is 4.07. The molecule has 0 aliphatic heterocycles. The summed E-state index contributed by atoms with van der Waals surface area (Å²) in [5.41, 5.74) is 3.18. The standard InChI is InChI=1S/C27H24FN3O/c28-23-10-4-19(5-11-23)18-29-13-2-15-31-16-12-21-8-6-20-7-9-22(25-3-1-14-30-25)17-24(20)26(21)27(31)32/h1,3-12,14,16-17,29-30H,2,13,15,18H2. The van der Waals surface area contributed by atoms with Crippen molar-refractivity contribution < 1.29 is 4.39 Å². The number of halogens is 1. The molecule has 0 aliphatic carbocycles. The van der Waals surface area contributed by atoms with Gasteiger partial charge < -0.3 is 14.9 Å². The highest BCUT2D eigenvalue weighted by atomic mass is 19.1. The van der Waals surface area contributed by atoms with E-state index in [1.165, 1.54) is 12.1 Å². The molecular weight excluding hydrogens is 401 g/mol. The second kappa shape index (κ2) is 8.81. The van der Waals surface area contributed by atoms with E-state index in [2.05, 4.69) is 34.6 Å². The number of H-pyrrole nitrogens is 1. The van der Waals surface area contributed by atoms with Crippen molar-refractivity contribution in [2.24, 2.45) is 0 Å². The van der Waals surface area contributed by atoms with Crippen LogP contribution in [0.15, 0.2) is 90.0 Å². The zero-order chi connectivity index (χ0) is 21.9. The molecule has 2 aromatic heterocycles. The number of rotatable bonds is 7. The van der Waals surface area contributed by atoms with Gasteiger partial charge in [0.05, 0.1) is 5.39 Å². The molecule has 0 atom stereocenters. The number of nitrogens with one attached hydrogen (secondary N) is 2. The first-order valence-electron chi connectivity index (χ1n) is 10.8. The summed E-state index contributed by atoms with van der Waals surface area (Å²) in [6.07, 6.45) is 4.61. The average Bonchev–Trinajstić information content (AvgIpc) is 3.36. The van der Waals surface area contributed by atoms with Gasteiger partial charge in [0.2, 0.25) is 0 Å². The van der Waals surface area contributed by atoms with Crippen LogP contribution in [0.1, 0.15) is 12.0 Å². The molecule has 32 heavy (non-hydrogen) atoms. The van der Waals surface area contributed by atoms with Crippen LogP contribution in [0.5, 0.6) is 0 Å². The van der Waals surface area contributed by atoms with Crippen molar-refractivity contribution in [3.63, 3.8) is 0 Å². The summed E-state index contributed by atoms with van der Waals surface area (Å²) in [5, 5.41) is 7.11. The molecule has 0 saturated carbocycles. The van der Waals surface area contributed by atoms with Crippen LogP contribution >= 0.6 is 0 Å². The Morgan fingerprint density at radius 2 is 1.75 bits per heavy atom. The van der Waals surface area contributed by atoms with Crippen LogP contribution < -0.4 is 10.9 Å². The Labute approximate surface area is 185 Å². The van der Waals surface area contributed by atoms with Gasteiger partial charge in [-0.3, -0.25) is 4.79 Å². The van der Waals surface area contributed by atoms with Crippen molar-refractivity contribution in [2.75, 3.05) is 6.54 Å². The fraction of sp³-hybridized carbons (Fsp3) is 0.148. The molecule has 2 heterocycles. The first kappa shape index (κ1) is 20.2. The number of fused-ring (bicyclic) bond motifs is 3. The molecular formula is C27H24FN3O. The Balaban J connectivity index is 1.36. The summed E-state index contributed by atoms with van der Waals surface area (Å²) in [4.78, 5) is 16.6. The Bertz CT molecular complexity index is 1420. The summed E-state index contributed by atoms with van der Waals surface area (Å²) in [6.45, 7) is 2.09. The quantitative estimate of drug-likeness (QED) is 0.268. The molecule has 0 fully saturated rings. The van der Waals surface area contributed by atoms with Gasteiger partial charge in [0.25, 0.3) is 5.56 Å². The number of hydrogen-bond donors (Lipinski definition) is 2. The SMILES string of the molecule is O=c1c2c(ccc3ccc(-c4ccc[nH]4)cc32)ccn1CCCNCc1ccc(F)cc1. The molecule has 4 nitrogen and oxygen atoms in total. The molecule has 0 amide bonds. The molecule has 160 valence electrons. The minimum atomic E-state index is -0.225. The normalized spacial score (nSPS) is 11.4. The van der Waals surface area contributed by atoms with E-state index in [9.17, 15) is 9.18 Å². The molecule has 0 aliphatic rings. The van der Waals surface area contributed by atoms with Crippen molar-refractivity contribution in [2.45, 2.75) is 19.5 Å². The van der Waals surface area contributed by atoms with E-state index in [1.807, 2.05) is 36.7 Å². The Morgan fingerprint density at radius 1 is 0.938 bits per heavy atom. The molecule has 3 aromatic carbocycles. The summed E-state index contributed by atoms with van der Waals surface area (Å²) in [7, 11) is 0. The largest absolute Gasteiger partial charge is 0.361 e. The van der Waals surface area contributed by atoms with Gasteiger partial charge >= 0.3 is 0 Å². The molecule has 0 bridgehead atoms. The third-order valence-corrected chi connectivity index (χ3v) is 5.87. The van der Waals surface area contributed by atoms with E-state index in [0.717, 1.165) is 51.3 Å². The number of aromatic nitrogens is 2. The van der Waals surface area contributed by atoms with E-state index in [-0.39, 0.29) is 11.4 Å². The fourth-order valence-electron chi connectivity index (χ4n) is 4.16. The summed E-state index contributed by atoms with van der Waals surface area (Å²) in [5.74, 6) is -0.225. The van der Waals surface area contributed by atoms with E-state index < -0.39 is 0 Å². The van der Waals surface area contributed by atoms with Crippen LogP contribution in [0.3, 0.4) is 0 Å². The smallest absolute Gasteiger partial charge is 0.259 e. The predicted octanol–water partition coefficient (Wildman–Crippen LogP) is 5.47. The lowest BCUT2D eigenvalue weighted by molar-refractivity contribution is 0.572. The van der Waals surface area contributed by atoms with Gasteiger partial charge in [-0.2, -0.15) is 0 Å². The van der Waals surface area contributed by atoms with Crippen LogP contribution in [-0.4, -0.2) is 16.1 Å². The van der Waals surface area contributed by atoms with Gasteiger partial charge in [-0.1, -0.05) is 36.4 Å². The van der Waals surface area contributed by atoms with Gasteiger partial charge in [0.1, 0.15) is 5.82 Å².